The monoisotopic (exact) mass is 366 g/mol. The number of fused-ring (bicyclic) bond motifs is 1. The standard InChI is InChI=1S/C17H20F2N4OS/c18-17(19)9-13(20-10-17)15(24)21-11-5-7-23(8-6-11)16-22-12-3-1-2-4-14(12)25-16/h1-4,11,13,20H,5-10H2,(H,21,24). The Morgan fingerprint density at radius 2 is 2.08 bits per heavy atom. The van der Waals surface area contributed by atoms with E-state index in [2.05, 4.69) is 26.6 Å². The lowest BCUT2D eigenvalue weighted by atomic mass is 10.0. The van der Waals surface area contributed by atoms with Gasteiger partial charge in [-0.1, -0.05) is 23.5 Å². The van der Waals surface area contributed by atoms with E-state index in [9.17, 15) is 13.6 Å². The number of benzene rings is 1. The Morgan fingerprint density at radius 1 is 1.32 bits per heavy atom. The van der Waals surface area contributed by atoms with Gasteiger partial charge in [-0.25, -0.2) is 13.8 Å². The lowest BCUT2D eigenvalue weighted by Crippen LogP contribution is -2.49. The summed E-state index contributed by atoms with van der Waals surface area (Å²) < 4.78 is 27.6. The van der Waals surface area contributed by atoms with Gasteiger partial charge in [0.2, 0.25) is 5.91 Å². The summed E-state index contributed by atoms with van der Waals surface area (Å²) in [5.74, 6) is -3.09. The molecule has 2 fully saturated rings. The molecule has 1 aromatic heterocycles. The van der Waals surface area contributed by atoms with E-state index in [0.717, 1.165) is 36.6 Å². The summed E-state index contributed by atoms with van der Waals surface area (Å²) in [5.41, 5.74) is 1.01. The highest BCUT2D eigenvalue weighted by atomic mass is 32.1. The van der Waals surface area contributed by atoms with Crippen molar-refractivity contribution < 1.29 is 13.6 Å². The molecular formula is C17H20F2N4OS. The highest BCUT2D eigenvalue weighted by Crippen LogP contribution is 2.30. The molecule has 0 bridgehead atoms. The van der Waals surface area contributed by atoms with Gasteiger partial charge in [-0.15, -0.1) is 0 Å². The summed E-state index contributed by atoms with van der Waals surface area (Å²) in [6.07, 6.45) is 1.18. The molecule has 2 N–H and O–H groups in total. The lowest BCUT2D eigenvalue weighted by molar-refractivity contribution is -0.124. The second-order valence-corrected chi connectivity index (χ2v) is 7.74. The number of carbonyl (C=O) groups excluding carboxylic acids is 1. The fourth-order valence-electron chi connectivity index (χ4n) is 3.41. The van der Waals surface area contributed by atoms with Gasteiger partial charge in [-0.3, -0.25) is 10.1 Å². The molecule has 0 radical (unpaired) electrons. The molecule has 1 atom stereocenters. The molecule has 0 saturated carbocycles. The van der Waals surface area contributed by atoms with Crippen molar-refractivity contribution in [2.75, 3.05) is 24.5 Å². The van der Waals surface area contributed by atoms with Gasteiger partial charge in [-0.2, -0.15) is 0 Å². The maximum Gasteiger partial charge on any atom is 0.262 e. The number of nitrogens with zero attached hydrogens (tertiary/aromatic N) is 2. The number of alkyl halides is 2. The van der Waals surface area contributed by atoms with Crippen molar-refractivity contribution in [3.8, 4) is 0 Å². The molecule has 2 saturated heterocycles. The van der Waals surface area contributed by atoms with E-state index in [-0.39, 0.29) is 11.9 Å². The third-order valence-electron chi connectivity index (χ3n) is 4.82. The number of para-hydroxylation sites is 1. The van der Waals surface area contributed by atoms with E-state index in [1.807, 2.05) is 18.2 Å². The first-order valence-electron chi connectivity index (χ1n) is 8.52. The van der Waals surface area contributed by atoms with Gasteiger partial charge in [0, 0.05) is 25.6 Å². The Hall–Kier alpha value is -1.80. The molecule has 1 amide bonds. The summed E-state index contributed by atoms with van der Waals surface area (Å²) in [7, 11) is 0. The average molecular weight is 366 g/mol. The summed E-state index contributed by atoms with van der Waals surface area (Å²) in [6, 6.07) is 7.31. The number of carbonyl (C=O) groups is 1. The van der Waals surface area contributed by atoms with Crippen molar-refractivity contribution in [1.82, 2.24) is 15.6 Å². The third kappa shape index (κ3) is 3.59. The number of anilines is 1. The number of halogens is 2. The van der Waals surface area contributed by atoms with Crippen LogP contribution in [0.2, 0.25) is 0 Å². The van der Waals surface area contributed by atoms with E-state index in [0.29, 0.717) is 0 Å². The third-order valence-corrected chi connectivity index (χ3v) is 5.92. The Balaban J connectivity index is 1.31. The van der Waals surface area contributed by atoms with Crippen molar-refractivity contribution in [3.05, 3.63) is 24.3 Å². The van der Waals surface area contributed by atoms with Crippen molar-refractivity contribution in [2.45, 2.75) is 37.3 Å². The van der Waals surface area contributed by atoms with Gasteiger partial charge in [0.1, 0.15) is 0 Å². The topological polar surface area (TPSA) is 57.3 Å². The Labute approximate surface area is 148 Å². The Morgan fingerprint density at radius 3 is 2.76 bits per heavy atom. The number of thiazole rings is 1. The van der Waals surface area contributed by atoms with Crippen molar-refractivity contribution in [1.29, 1.82) is 0 Å². The van der Waals surface area contributed by atoms with Crippen LogP contribution in [0.25, 0.3) is 10.2 Å². The zero-order chi connectivity index (χ0) is 17.4. The maximum atomic E-state index is 13.2. The molecule has 4 rings (SSSR count). The number of hydrogen-bond donors (Lipinski definition) is 2. The number of rotatable bonds is 3. The van der Waals surface area contributed by atoms with Gasteiger partial charge < -0.3 is 10.2 Å². The van der Waals surface area contributed by atoms with Crippen molar-refractivity contribution >= 4 is 32.6 Å². The summed E-state index contributed by atoms with van der Waals surface area (Å²) in [6.45, 7) is 1.19. The predicted octanol–water partition coefficient (Wildman–Crippen LogP) is 2.38. The number of aromatic nitrogens is 1. The second-order valence-electron chi connectivity index (χ2n) is 6.73. The molecule has 0 aliphatic carbocycles. The largest absolute Gasteiger partial charge is 0.352 e. The minimum Gasteiger partial charge on any atom is -0.352 e. The summed E-state index contributed by atoms with van der Waals surface area (Å²) in [4.78, 5) is 19.0. The molecule has 8 heteroatoms. The SMILES string of the molecule is O=C(NC1CCN(c2nc3ccccc3s2)CC1)C1CC(F)(F)CN1. The first-order valence-corrected chi connectivity index (χ1v) is 9.34. The lowest BCUT2D eigenvalue weighted by Gasteiger charge is -2.32. The van der Waals surface area contributed by atoms with Crippen LogP contribution < -0.4 is 15.5 Å². The number of piperidine rings is 1. The first kappa shape index (κ1) is 16.7. The first-order chi connectivity index (χ1) is 12.0. The Bertz CT molecular complexity index is 740. The van der Waals surface area contributed by atoms with Crippen LogP contribution in [0.5, 0.6) is 0 Å². The van der Waals surface area contributed by atoms with Crippen LogP contribution in [0.15, 0.2) is 24.3 Å². The van der Waals surface area contributed by atoms with Gasteiger partial charge >= 0.3 is 0 Å². The van der Waals surface area contributed by atoms with Crippen LogP contribution >= 0.6 is 11.3 Å². The molecule has 2 aliphatic heterocycles. The van der Waals surface area contributed by atoms with Gasteiger partial charge in [0.05, 0.1) is 22.8 Å². The molecule has 1 aromatic carbocycles. The van der Waals surface area contributed by atoms with Crippen LogP contribution in [0, 0.1) is 0 Å². The molecule has 3 heterocycles. The molecule has 25 heavy (non-hydrogen) atoms. The minimum atomic E-state index is -2.78. The highest BCUT2D eigenvalue weighted by Gasteiger charge is 2.42. The van der Waals surface area contributed by atoms with Crippen LogP contribution in [0.4, 0.5) is 13.9 Å². The molecular weight excluding hydrogens is 346 g/mol. The van der Waals surface area contributed by atoms with Crippen LogP contribution in [-0.2, 0) is 4.79 Å². The van der Waals surface area contributed by atoms with E-state index >= 15 is 0 Å². The van der Waals surface area contributed by atoms with E-state index in [4.69, 9.17) is 0 Å². The zero-order valence-corrected chi connectivity index (χ0v) is 14.5. The zero-order valence-electron chi connectivity index (χ0n) is 13.7. The van der Waals surface area contributed by atoms with Crippen molar-refractivity contribution in [3.63, 3.8) is 0 Å². The van der Waals surface area contributed by atoms with E-state index < -0.39 is 24.9 Å². The number of nitrogens with one attached hydrogen (secondary N) is 2. The maximum absolute atomic E-state index is 13.2. The molecule has 2 aliphatic rings. The summed E-state index contributed by atoms with van der Waals surface area (Å²) in [5, 5.41) is 6.53. The highest BCUT2D eigenvalue weighted by molar-refractivity contribution is 7.22. The van der Waals surface area contributed by atoms with Crippen LogP contribution in [0.1, 0.15) is 19.3 Å². The normalized spacial score (nSPS) is 23.9. The molecule has 134 valence electrons. The molecule has 2 aromatic rings. The summed E-state index contributed by atoms with van der Waals surface area (Å²) >= 11 is 1.67. The number of hydrogen-bond acceptors (Lipinski definition) is 5. The fraction of sp³-hybridized carbons (Fsp3) is 0.529. The minimum absolute atomic E-state index is 0.0363. The van der Waals surface area contributed by atoms with Gasteiger partial charge in [0.15, 0.2) is 5.13 Å². The molecule has 1 unspecified atom stereocenters. The Kier molecular flexibility index (Phi) is 4.33. The second kappa shape index (κ2) is 6.49. The van der Waals surface area contributed by atoms with Gasteiger partial charge in [-0.05, 0) is 25.0 Å². The fourth-order valence-corrected chi connectivity index (χ4v) is 4.43. The average Bonchev–Trinajstić information content (AvgIpc) is 3.18. The molecule has 0 spiro atoms. The quantitative estimate of drug-likeness (QED) is 0.876. The van der Waals surface area contributed by atoms with Crippen LogP contribution in [-0.4, -0.2) is 48.5 Å². The van der Waals surface area contributed by atoms with E-state index in [1.54, 1.807) is 11.3 Å². The number of amides is 1. The van der Waals surface area contributed by atoms with Crippen molar-refractivity contribution in [2.24, 2.45) is 0 Å². The predicted molar refractivity (Wildman–Crippen MR) is 94.4 cm³/mol. The van der Waals surface area contributed by atoms with Gasteiger partial charge in [0.25, 0.3) is 5.92 Å². The smallest absolute Gasteiger partial charge is 0.262 e. The van der Waals surface area contributed by atoms with Crippen LogP contribution in [0.3, 0.4) is 0 Å². The van der Waals surface area contributed by atoms with E-state index in [1.165, 1.54) is 4.70 Å². The molecule has 5 nitrogen and oxygen atoms in total.